The minimum Gasteiger partial charge on any atom is -0.481 e. The van der Waals surface area contributed by atoms with E-state index >= 15 is 0 Å². The van der Waals surface area contributed by atoms with E-state index in [0.717, 1.165) is 48.2 Å². The SMILES string of the molecule is COc1c(CN2CCCC2c2ccc(N(C)C)nn2)c(C)nn1C. The molecule has 3 heterocycles. The van der Waals surface area contributed by atoms with Crippen LogP contribution in [0.15, 0.2) is 12.1 Å². The molecule has 24 heavy (non-hydrogen) atoms. The van der Waals surface area contributed by atoms with Gasteiger partial charge in [-0.25, -0.2) is 4.68 Å². The zero-order valence-electron chi connectivity index (χ0n) is 15.2. The molecule has 3 rings (SSSR count). The van der Waals surface area contributed by atoms with Gasteiger partial charge in [-0.15, -0.1) is 5.10 Å². The topological polar surface area (TPSA) is 59.3 Å². The van der Waals surface area contributed by atoms with E-state index in [1.54, 1.807) is 11.8 Å². The summed E-state index contributed by atoms with van der Waals surface area (Å²) in [6.45, 7) is 3.92. The van der Waals surface area contributed by atoms with E-state index < -0.39 is 0 Å². The summed E-state index contributed by atoms with van der Waals surface area (Å²) in [5.41, 5.74) is 3.22. The molecular weight excluding hydrogens is 304 g/mol. The van der Waals surface area contributed by atoms with Crippen LogP contribution in [0, 0.1) is 6.92 Å². The van der Waals surface area contributed by atoms with Gasteiger partial charge in [0.25, 0.3) is 0 Å². The van der Waals surface area contributed by atoms with Crippen molar-refractivity contribution in [2.45, 2.75) is 32.4 Å². The Morgan fingerprint density at radius 3 is 2.71 bits per heavy atom. The fourth-order valence-corrected chi connectivity index (χ4v) is 3.42. The Bertz CT molecular complexity index is 694. The van der Waals surface area contributed by atoms with Crippen molar-refractivity contribution < 1.29 is 4.74 Å². The minimum atomic E-state index is 0.304. The van der Waals surface area contributed by atoms with Gasteiger partial charge >= 0.3 is 0 Å². The second kappa shape index (κ2) is 6.76. The van der Waals surface area contributed by atoms with E-state index in [0.29, 0.717) is 6.04 Å². The first-order valence-electron chi connectivity index (χ1n) is 8.32. The molecule has 7 nitrogen and oxygen atoms in total. The highest BCUT2D eigenvalue weighted by Gasteiger charge is 2.29. The Hall–Kier alpha value is -2.15. The third kappa shape index (κ3) is 3.08. The highest BCUT2D eigenvalue weighted by atomic mass is 16.5. The van der Waals surface area contributed by atoms with Gasteiger partial charge in [-0.1, -0.05) is 0 Å². The molecule has 130 valence electrons. The molecule has 1 fully saturated rings. The molecule has 1 unspecified atom stereocenters. The molecule has 2 aromatic rings. The van der Waals surface area contributed by atoms with Gasteiger partial charge in [-0.05, 0) is 38.4 Å². The van der Waals surface area contributed by atoms with Crippen molar-refractivity contribution in [3.05, 3.63) is 29.1 Å². The van der Waals surface area contributed by atoms with Gasteiger partial charge in [-0.2, -0.15) is 10.2 Å². The third-order valence-electron chi connectivity index (χ3n) is 4.68. The normalized spacial score (nSPS) is 18.1. The largest absolute Gasteiger partial charge is 0.481 e. The molecule has 0 amide bonds. The summed E-state index contributed by atoms with van der Waals surface area (Å²) in [5.74, 6) is 1.72. The summed E-state index contributed by atoms with van der Waals surface area (Å²) < 4.78 is 7.34. The number of hydrogen-bond donors (Lipinski definition) is 0. The maximum atomic E-state index is 5.53. The zero-order chi connectivity index (χ0) is 17.3. The van der Waals surface area contributed by atoms with Crippen molar-refractivity contribution in [2.24, 2.45) is 7.05 Å². The average Bonchev–Trinajstić information content (AvgIpc) is 3.12. The highest BCUT2D eigenvalue weighted by Crippen LogP contribution is 2.34. The number of nitrogens with zero attached hydrogens (tertiary/aromatic N) is 6. The molecule has 2 aromatic heterocycles. The minimum absolute atomic E-state index is 0.304. The Morgan fingerprint density at radius 2 is 2.08 bits per heavy atom. The summed E-state index contributed by atoms with van der Waals surface area (Å²) in [6.07, 6.45) is 2.28. The molecule has 0 saturated carbocycles. The maximum absolute atomic E-state index is 5.53. The van der Waals surface area contributed by atoms with E-state index in [4.69, 9.17) is 4.74 Å². The molecule has 7 heteroatoms. The molecule has 0 N–H and O–H groups in total. The fraction of sp³-hybridized carbons (Fsp3) is 0.588. The fourth-order valence-electron chi connectivity index (χ4n) is 3.42. The summed E-state index contributed by atoms with van der Waals surface area (Å²) in [7, 11) is 7.57. The third-order valence-corrected chi connectivity index (χ3v) is 4.68. The Balaban J connectivity index is 1.81. The predicted molar refractivity (Wildman–Crippen MR) is 93.2 cm³/mol. The van der Waals surface area contributed by atoms with Crippen LogP contribution in [-0.2, 0) is 13.6 Å². The number of methoxy groups -OCH3 is 1. The number of hydrogen-bond acceptors (Lipinski definition) is 6. The molecule has 1 atom stereocenters. The van der Waals surface area contributed by atoms with Crippen LogP contribution < -0.4 is 9.64 Å². The van der Waals surface area contributed by atoms with Gasteiger partial charge in [0.1, 0.15) is 0 Å². The Morgan fingerprint density at radius 1 is 1.29 bits per heavy atom. The van der Waals surface area contributed by atoms with Crippen LogP contribution in [0.4, 0.5) is 5.82 Å². The van der Waals surface area contributed by atoms with Crippen LogP contribution in [-0.4, -0.2) is 52.6 Å². The van der Waals surface area contributed by atoms with Crippen LogP contribution in [0.2, 0.25) is 0 Å². The first-order valence-corrected chi connectivity index (χ1v) is 8.32. The van der Waals surface area contributed by atoms with Crippen molar-refractivity contribution in [1.29, 1.82) is 0 Å². The molecule has 0 aliphatic carbocycles. The molecule has 0 bridgehead atoms. The van der Waals surface area contributed by atoms with Gasteiger partial charge in [0, 0.05) is 27.7 Å². The smallest absolute Gasteiger partial charge is 0.216 e. The summed E-state index contributed by atoms with van der Waals surface area (Å²) >= 11 is 0. The van der Waals surface area contributed by atoms with Gasteiger partial charge in [0.2, 0.25) is 5.88 Å². The first kappa shape index (κ1) is 16.7. The van der Waals surface area contributed by atoms with Crippen molar-refractivity contribution in [3.8, 4) is 5.88 Å². The highest BCUT2D eigenvalue weighted by molar-refractivity contribution is 5.35. The van der Waals surface area contributed by atoms with Crippen LogP contribution in [0.1, 0.15) is 35.8 Å². The van der Waals surface area contributed by atoms with Crippen LogP contribution in [0.5, 0.6) is 5.88 Å². The van der Waals surface area contributed by atoms with Gasteiger partial charge in [-0.3, -0.25) is 4.90 Å². The first-order chi connectivity index (χ1) is 11.5. The zero-order valence-corrected chi connectivity index (χ0v) is 15.2. The van der Waals surface area contributed by atoms with Crippen molar-refractivity contribution in [2.75, 3.05) is 32.6 Å². The van der Waals surface area contributed by atoms with Crippen molar-refractivity contribution in [1.82, 2.24) is 24.9 Å². The lowest BCUT2D eigenvalue weighted by Crippen LogP contribution is -2.24. The number of aromatic nitrogens is 4. The van der Waals surface area contributed by atoms with Crippen LogP contribution in [0.3, 0.4) is 0 Å². The number of aryl methyl sites for hydroxylation is 2. The Kier molecular flexibility index (Phi) is 4.71. The summed E-state index contributed by atoms with van der Waals surface area (Å²) in [4.78, 5) is 4.42. The predicted octanol–water partition coefficient (Wildman–Crippen LogP) is 1.93. The summed E-state index contributed by atoms with van der Waals surface area (Å²) in [6, 6.07) is 4.44. The quantitative estimate of drug-likeness (QED) is 0.835. The number of likely N-dealkylation sites (tertiary alicyclic amines) is 1. The molecule has 0 spiro atoms. The number of rotatable bonds is 5. The van der Waals surface area contributed by atoms with Crippen molar-refractivity contribution in [3.63, 3.8) is 0 Å². The van der Waals surface area contributed by atoms with E-state index in [1.165, 1.54) is 6.42 Å². The summed E-state index contributed by atoms with van der Waals surface area (Å²) in [5, 5.41) is 13.3. The lowest BCUT2D eigenvalue weighted by Gasteiger charge is -2.24. The van der Waals surface area contributed by atoms with Gasteiger partial charge < -0.3 is 9.64 Å². The lowest BCUT2D eigenvalue weighted by molar-refractivity contribution is 0.238. The monoisotopic (exact) mass is 330 g/mol. The molecule has 1 saturated heterocycles. The lowest BCUT2D eigenvalue weighted by atomic mass is 10.1. The number of anilines is 1. The van der Waals surface area contributed by atoms with E-state index in [-0.39, 0.29) is 0 Å². The van der Waals surface area contributed by atoms with E-state index in [1.807, 2.05) is 39.0 Å². The maximum Gasteiger partial charge on any atom is 0.216 e. The average molecular weight is 330 g/mol. The van der Waals surface area contributed by atoms with E-state index in [2.05, 4.69) is 26.3 Å². The van der Waals surface area contributed by atoms with Crippen molar-refractivity contribution >= 4 is 5.82 Å². The molecule has 1 aliphatic rings. The van der Waals surface area contributed by atoms with Crippen LogP contribution in [0.25, 0.3) is 0 Å². The van der Waals surface area contributed by atoms with Crippen LogP contribution >= 0.6 is 0 Å². The molecule has 0 aromatic carbocycles. The van der Waals surface area contributed by atoms with E-state index in [9.17, 15) is 0 Å². The Labute approximate surface area is 143 Å². The second-order valence-electron chi connectivity index (χ2n) is 6.54. The van der Waals surface area contributed by atoms with Gasteiger partial charge in [0.05, 0.1) is 30.1 Å². The second-order valence-corrected chi connectivity index (χ2v) is 6.54. The molecule has 0 radical (unpaired) electrons. The number of ether oxygens (including phenoxy) is 1. The standard InChI is InChI=1S/C17H26N6O/c1-12-13(17(24-5)22(4)20-12)11-23-10-6-7-15(23)14-8-9-16(19-18-14)21(2)3/h8-9,15H,6-7,10-11H2,1-5H3. The molecule has 1 aliphatic heterocycles. The molecular formula is C17H26N6O. The van der Waals surface area contributed by atoms with Gasteiger partial charge in [0.15, 0.2) is 5.82 Å².